The van der Waals surface area contributed by atoms with Crippen molar-refractivity contribution < 1.29 is 4.92 Å². The first-order valence-corrected chi connectivity index (χ1v) is 6.32. The number of nitrogens with zero attached hydrogens (tertiary/aromatic N) is 2. The van der Waals surface area contributed by atoms with E-state index < -0.39 is 0 Å². The Labute approximate surface area is 107 Å². The molecule has 0 bridgehead atoms. The lowest BCUT2D eigenvalue weighted by Crippen LogP contribution is -2.42. The largest absolute Gasteiger partial charge is 0.393 e. The molecule has 0 amide bonds. The Balaban J connectivity index is 2.44. The molecule has 0 radical (unpaired) electrons. The van der Waals surface area contributed by atoms with Gasteiger partial charge in [-0.3, -0.25) is 10.1 Å². The van der Waals surface area contributed by atoms with Crippen molar-refractivity contribution in [1.29, 1.82) is 0 Å². The lowest BCUT2D eigenvalue weighted by Gasteiger charge is -2.39. The summed E-state index contributed by atoms with van der Waals surface area (Å²) in [5, 5.41) is 11.2. The molecule has 2 atom stereocenters. The lowest BCUT2D eigenvalue weighted by atomic mass is 9.91. The van der Waals surface area contributed by atoms with Crippen LogP contribution in [0.1, 0.15) is 26.7 Å². The molecule has 2 unspecified atom stereocenters. The van der Waals surface area contributed by atoms with E-state index in [1.165, 1.54) is 6.42 Å². The van der Waals surface area contributed by atoms with Gasteiger partial charge in [0.1, 0.15) is 11.4 Å². The van der Waals surface area contributed by atoms with Gasteiger partial charge in [0, 0.05) is 12.6 Å². The Morgan fingerprint density at radius 1 is 1.44 bits per heavy atom. The van der Waals surface area contributed by atoms with Crippen molar-refractivity contribution >= 4 is 17.1 Å². The summed E-state index contributed by atoms with van der Waals surface area (Å²) >= 11 is 0. The van der Waals surface area contributed by atoms with E-state index in [-0.39, 0.29) is 16.3 Å². The second kappa shape index (κ2) is 4.84. The maximum absolute atomic E-state index is 11.2. The fourth-order valence-electron chi connectivity index (χ4n) is 2.65. The van der Waals surface area contributed by atoms with Gasteiger partial charge in [0.25, 0.3) is 0 Å². The van der Waals surface area contributed by atoms with Crippen LogP contribution in [0.4, 0.5) is 17.1 Å². The zero-order valence-electron chi connectivity index (χ0n) is 10.8. The molecule has 0 saturated carbocycles. The first-order chi connectivity index (χ1) is 8.52. The molecule has 1 heterocycles. The monoisotopic (exact) mass is 249 g/mol. The summed E-state index contributed by atoms with van der Waals surface area (Å²) in [5.41, 5.74) is 6.67. The standard InChI is InChI=1S/C13H19N3O2/c1-9-5-4-8-15(10(9)2)12-7-3-6-11(14)13(12)16(17)18/h3,6-7,9-10H,4-5,8,14H2,1-2H3. The summed E-state index contributed by atoms with van der Waals surface area (Å²) in [6, 6.07) is 5.46. The lowest BCUT2D eigenvalue weighted by molar-refractivity contribution is -0.383. The van der Waals surface area contributed by atoms with E-state index in [1.54, 1.807) is 18.2 Å². The third-order valence-electron chi connectivity index (χ3n) is 3.91. The van der Waals surface area contributed by atoms with Crippen molar-refractivity contribution in [2.24, 2.45) is 5.92 Å². The highest BCUT2D eigenvalue weighted by Crippen LogP contribution is 2.37. The van der Waals surface area contributed by atoms with Crippen molar-refractivity contribution in [2.45, 2.75) is 32.7 Å². The molecule has 1 aliphatic rings. The van der Waals surface area contributed by atoms with Gasteiger partial charge in [-0.1, -0.05) is 13.0 Å². The van der Waals surface area contributed by atoms with Crippen LogP contribution >= 0.6 is 0 Å². The fourth-order valence-corrected chi connectivity index (χ4v) is 2.65. The number of para-hydroxylation sites is 1. The number of nitro groups is 1. The molecule has 18 heavy (non-hydrogen) atoms. The van der Waals surface area contributed by atoms with E-state index in [2.05, 4.69) is 18.7 Å². The minimum absolute atomic E-state index is 0.0402. The van der Waals surface area contributed by atoms with Gasteiger partial charge >= 0.3 is 5.69 Å². The minimum atomic E-state index is -0.378. The quantitative estimate of drug-likeness (QED) is 0.497. The van der Waals surface area contributed by atoms with Crippen LogP contribution in [-0.2, 0) is 0 Å². The molecule has 98 valence electrons. The average Bonchev–Trinajstić information content (AvgIpc) is 2.32. The number of rotatable bonds is 2. The van der Waals surface area contributed by atoms with E-state index >= 15 is 0 Å². The van der Waals surface area contributed by atoms with E-state index in [1.807, 2.05) is 0 Å². The average molecular weight is 249 g/mol. The second-order valence-electron chi connectivity index (χ2n) is 5.03. The maximum atomic E-state index is 11.2. The Kier molecular flexibility index (Phi) is 3.41. The topological polar surface area (TPSA) is 72.4 Å². The second-order valence-corrected chi connectivity index (χ2v) is 5.03. The molecule has 5 nitrogen and oxygen atoms in total. The van der Waals surface area contributed by atoms with Crippen LogP contribution in [-0.4, -0.2) is 17.5 Å². The van der Waals surface area contributed by atoms with E-state index in [0.29, 0.717) is 17.6 Å². The molecule has 2 rings (SSSR count). The van der Waals surface area contributed by atoms with Crippen molar-refractivity contribution in [3.05, 3.63) is 28.3 Å². The summed E-state index contributed by atoms with van der Waals surface area (Å²) in [5.74, 6) is 0.541. The number of nitrogen functional groups attached to an aromatic ring is 1. The highest BCUT2D eigenvalue weighted by molar-refractivity contribution is 5.75. The SMILES string of the molecule is CC1CCCN(c2cccc(N)c2[N+](=O)[O-])C1C. The smallest absolute Gasteiger partial charge is 0.315 e. The third kappa shape index (κ3) is 2.12. The summed E-state index contributed by atoms with van der Waals surface area (Å²) in [6.07, 6.45) is 2.24. The van der Waals surface area contributed by atoms with E-state index in [9.17, 15) is 10.1 Å². The third-order valence-corrected chi connectivity index (χ3v) is 3.91. The molecule has 1 aromatic carbocycles. The Hall–Kier alpha value is -1.78. The van der Waals surface area contributed by atoms with Crippen molar-refractivity contribution in [1.82, 2.24) is 0 Å². The van der Waals surface area contributed by atoms with Gasteiger partial charge in [-0.15, -0.1) is 0 Å². The van der Waals surface area contributed by atoms with Crippen molar-refractivity contribution in [3.63, 3.8) is 0 Å². The van der Waals surface area contributed by atoms with Crippen LogP contribution < -0.4 is 10.6 Å². The molecule has 5 heteroatoms. The van der Waals surface area contributed by atoms with E-state index in [4.69, 9.17) is 5.73 Å². The normalized spacial score (nSPS) is 24.0. The number of benzene rings is 1. The molecule has 1 fully saturated rings. The van der Waals surface area contributed by atoms with Crippen LogP contribution in [0.2, 0.25) is 0 Å². The number of piperidine rings is 1. The van der Waals surface area contributed by atoms with Crippen LogP contribution in [0.3, 0.4) is 0 Å². The first kappa shape index (κ1) is 12.7. The zero-order valence-corrected chi connectivity index (χ0v) is 10.8. The summed E-state index contributed by atoms with van der Waals surface area (Å²) in [7, 11) is 0. The van der Waals surface area contributed by atoms with Gasteiger partial charge in [-0.05, 0) is 37.8 Å². The summed E-state index contributed by atoms with van der Waals surface area (Å²) in [4.78, 5) is 12.9. The van der Waals surface area contributed by atoms with Gasteiger partial charge in [0.15, 0.2) is 0 Å². The maximum Gasteiger partial charge on any atom is 0.315 e. The van der Waals surface area contributed by atoms with E-state index in [0.717, 1.165) is 13.0 Å². The van der Waals surface area contributed by atoms with Gasteiger partial charge < -0.3 is 10.6 Å². The van der Waals surface area contributed by atoms with Crippen molar-refractivity contribution in [3.8, 4) is 0 Å². The molecular weight excluding hydrogens is 230 g/mol. The Morgan fingerprint density at radius 2 is 2.17 bits per heavy atom. The fraction of sp³-hybridized carbons (Fsp3) is 0.538. The highest BCUT2D eigenvalue weighted by Gasteiger charge is 2.30. The molecule has 0 aromatic heterocycles. The van der Waals surface area contributed by atoms with Crippen LogP contribution in [0.15, 0.2) is 18.2 Å². The van der Waals surface area contributed by atoms with Gasteiger partial charge in [0.2, 0.25) is 0 Å². The molecule has 1 saturated heterocycles. The predicted molar refractivity (Wildman–Crippen MR) is 72.7 cm³/mol. The van der Waals surface area contributed by atoms with Gasteiger partial charge in [0.05, 0.1) is 4.92 Å². The van der Waals surface area contributed by atoms with Gasteiger partial charge in [-0.2, -0.15) is 0 Å². The molecule has 0 spiro atoms. The summed E-state index contributed by atoms with van der Waals surface area (Å²) < 4.78 is 0. The Bertz CT molecular complexity index is 462. The molecule has 0 aliphatic carbocycles. The first-order valence-electron chi connectivity index (χ1n) is 6.32. The van der Waals surface area contributed by atoms with Crippen LogP contribution in [0.25, 0.3) is 0 Å². The number of nitrogens with two attached hydrogens (primary N) is 1. The zero-order chi connectivity index (χ0) is 13.3. The molecular formula is C13H19N3O2. The molecule has 2 N–H and O–H groups in total. The number of anilines is 2. The van der Waals surface area contributed by atoms with Gasteiger partial charge in [-0.25, -0.2) is 0 Å². The molecule has 1 aromatic rings. The van der Waals surface area contributed by atoms with Crippen LogP contribution in [0, 0.1) is 16.0 Å². The molecule has 1 aliphatic heterocycles. The number of hydrogen-bond donors (Lipinski definition) is 1. The van der Waals surface area contributed by atoms with Crippen molar-refractivity contribution in [2.75, 3.05) is 17.2 Å². The minimum Gasteiger partial charge on any atom is -0.393 e. The summed E-state index contributed by atoms with van der Waals surface area (Å²) in [6.45, 7) is 5.17. The Morgan fingerprint density at radius 3 is 2.83 bits per heavy atom. The number of nitro benzene ring substituents is 1. The number of hydrogen-bond acceptors (Lipinski definition) is 4. The predicted octanol–water partition coefficient (Wildman–Crippen LogP) is 2.80. The highest BCUT2D eigenvalue weighted by atomic mass is 16.6. The van der Waals surface area contributed by atoms with Crippen LogP contribution in [0.5, 0.6) is 0 Å².